The molecule has 1 aliphatic heterocycles. The first kappa shape index (κ1) is 15.4. The minimum atomic E-state index is 0.298. The molecule has 1 amide bonds. The standard InChI is InChI=1S/C20H25N3O/c1-14-12-19(21-18-8-4-3-7-17(14)18)23-11-5-6-16(13-23)22(2)20(24)15-9-10-15/h3-4,7-8,12,15-16H,5-6,9-11,13H2,1-2H3. The highest BCUT2D eigenvalue weighted by atomic mass is 16.2. The van der Waals surface area contributed by atoms with E-state index in [0.29, 0.717) is 17.9 Å². The van der Waals surface area contributed by atoms with Crippen LogP contribution in [0.5, 0.6) is 0 Å². The average molecular weight is 323 g/mol. The second-order valence-corrected chi connectivity index (χ2v) is 7.28. The van der Waals surface area contributed by atoms with Crippen LogP contribution < -0.4 is 4.90 Å². The molecule has 4 rings (SSSR count). The van der Waals surface area contributed by atoms with Crippen LogP contribution in [-0.4, -0.2) is 42.0 Å². The van der Waals surface area contributed by atoms with E-state index >= 15 is 0 Å². The number of carbonyl (C=O) groups is 1. The van der Waals surface area contributed by atoms with Crippen LogP contribution in [0.25, 0.3) is 10.9 Å². The first-order valence-electron chi connectivity index (χ1n) is 9.01. The van der Waals surface area contributed by atoms with Crippen LogP contribution in [0.15, 0.2) is 30.3 Å². The fraction of sp³-hybridized carbons (Fsp3) is 0.500. The van der Waals surface area contributed by atoms with Crippen molar-refractivity contribution in [2.45, 2.75) is 38.6 Å². The van der Waals surface area contributed by atoms with Crippen LogP contribution in [0.3, 0.4) is 0 Å². The number of benzene rings is 1. The number of amides is 1. The summed E-state index contributed by atoms with van der Waals surface area (Å²) in [6.07, 6.45) is 4.36. The maximum absolute atomic E-state index is 12.4. The number of anilines is 1. The first-order chi connectivity index (χ1) is 11.6. The van der Waals surface area contributed by atoms with Gasteiger partial charge in [0.05, 0.1) is 5.52 Å². The van der Waals surface area contributed by atoms with E-state index in [4.69, 9.17) is 4.98 Å². The second-order valence-electron chi connectivity index (χ2n) is 7.28. The molecule has 0 N–H and O–H groups in total. The maximum Gasteiger partial charge on any atom is 0.225 e. The van der Waals surface area contributed by atoms with Crippen molar-refractivity contribution in [3.8, 4) is 0 Å². The van der Waals surface area contributed by atoms with Crippen molar-refractivity contribution >= 4 is 22.6 Å². The van der Waals surface area contributed by atoms with Gasteiger partial charge >= 0.3 is 0 Å². The first-order valence-corrected chi connectivity index (χ1v) is 9.01. The van der Waals surface area contributed by atoms with E-state index in [1.165, 1.54) is 10.9 Å². The summed E-state index contributed by atoms with van der Waals surface area (Å²) in [5.74, 6) is 1.68. The summed E-state index contributed by atoms with van der Waals surface area (Å²) >= 11 is 0. The van der Waals surface area contributed by atoms with Crippen LogP contribution in [0.4, 0.5) is 5.82 Å². The average Bonchev–Trinajstić information content (AvgIpc) is 3.46. The number of likely N-dealkylation sites (N-methyl/N-ethyl adjacent to an activating group) is 1. The van der Waals surface area contributed by atoms with E-state index in [0.717, 1.165) is 50.1 Å². The molecule has 4 heteroatoms. The lowest BCUT2D eigenvalue weighted by atomic mass is 10.0. The molecular formula is C20H25N3O. The summed E-state index contributed by atoms with van der Waals surface area (Å²) in [5, 5.41) is 1.22. The van der Waals surface area contributed by atoms with E-state index in [1.807, 2.05) is 18.0 Å². The number of hydrogen-bond acceptors (Lipinski definition) is 3. The smallest absolute Gasteiger partial charge is 0.225 e. The van der Waals surface area contributed by atoms with Gasteiger partial charge in [-0.05, 0) is 50.3 Å². The van der Waals surface area contributed by atoms with E-state index in [-0.39, 0.29) is 0 Å². The number of fused-ring (bicyclic) bond motifs is 1. The molecule has 2 aromatic rings. The zero-order valence-corrected chi connectivity index (χ0v) is 14.5. The molecule has 1 aliphatic carbocycles. The number of para-hydroxylation sites is 1. The Morgan fingerprint density at radius 1 is 1.25 bits per heavy atom. The maximum atomic E-state index is 12.4. The summed E-state index contributed by atoms with van der Waals surface area (Å²) in [6, 6.07) is 10.8. The molecule has 0 bridgehead atoms. The molecule has 2 aliphatic rings. The highest BCUT2D eigenvalue weighted by Gasteiger charge is 2.35. The van der Waals surface area contributed by atoms with Crippen LogP contribution in [0.1, 0.15) is 31.2 Å². The normalized spacial score (nSPS) is 21.1. The zero-order valence-electron chi connectivity index (χ0n) is 14.5. The third kappa shape index (κ3) is 2.85. The highest BCUT2D eigenvalue weighted by Crippen LogP contribution is 2.32. The van der Waals surface area contributed by atoms with Crippen molar-refractivity contribution in [2.24, 2.45) is 5.92 Å². The largest absolute Gasteiger partial charge is 0.355 e. The van der Waals surface area contributed by atoms with Crippen LogP contribution >= 0.6 is 0 Å². The molecule has 1 aromatic carbocycles. The van der Waals surface area contributed by atoms with Crippen LogP contribution in [-0.2, 0) is 4.79 Å². The lowest BCUT2D eigenvalue weighted by molar-refractivity contribution is -0.133. The Labute approximate surface area is 143 Å². The molecule has 1 saturated heterocycles. The Hall–Kier alpha value is -2.10. The molecule has 1 aromatic heterocycles. The zero-order chi connectivity index (χ0) is 16.7. The third-order valence-electron chi connectivity index (χ3n) is 5.45. The Morgan fingerprint density at radius 3 is 2.83 bits per heavy atom. The van der Waals surface area contributed by atoms with Gasteiger partial charge in [-0.1, -0.05) is 18.2 Å². The molecule has 126 valence electrons. The van der Waals surface area contributed by atoms with E-state index in [9.17, 15) is 4.79 Å². The molecule has 0 radical (unpaired) electrons. The van der Waals surface area contributed by atoms with Gasteiger partial charge < -0.3 is 9.80 Å². The Morgan fingerprint density at radius 2 is 2.04 bits per heavy atom. The highest BCUT2D eigenvalue weighted by molar-refractivity contribution is 5.84. The predicted molar refractivity (Wildman–Crippen MR) is 97.2 cm³/mol. The Bertz CT molecular complexity index is 769. The molecule has 24 heavy (non-hydrogen) atoms. The topological polar surface area (TPSA) is 36.4 Å². The molecule has 4 nitrogen and oxygen atoms in total. The van der Waals surface area contributed by atoms with Gasteiger partial charge in [0.15, 0.2) is 0 Å². The van der Waals surface area contributed by atoms with Crippen molar-refractivity contribution in [1.29, 1.82) is 0 Å². The number of aryl methyl sites for hydroxylation is 1. The van der Waals surface area contributed by atoms with Crippen molar-refractivity contribution in [3.63, 3.8) is 0 Å². The fourth-order valence-electron chi connectivity index (χ4n) is 3.77. The lowest BCUT2D eigenvalue weighted by Gasteiger charge is -2.38. The molecule has 1 unspecified atom stereocenters. The summed E-state index contributed by atoms with van der Waals surface area (Å²) < 4.78 is 0. The minimum absolute atomic E-state index is 0.298. The summed E-state index contributed by atoms with van der Waals surface area (Å²) in [7, 11) is 1.98. The summed E-state index contributed by atoms with van der Waals surface area (Å²) in [5.41, 5.74) is 2.32. The van der Waals surface area contributed by atoms with Gasteiger partial charge in [-0.25, -0.2) is 4.98 Å². The second kappa shape index (κ2) is 6.08. The van der Waals surface area contributed by atoms with Crippen molar-refractivity contribution in [2.75, 3.05) is 25.0 Å². The lowest BCUT2D eigenvalue weighted by Crippen LogP contribution is -2.49. The number of pyridine rings is 1. The van der Waals surface area contributed by atoms with Gasteiger partial charge in [-0.3, -0.25) is 4.79 Å². The summed E-state index contributed by atoms with van der Waals surface area (Å²) in [4.78, 5) is 21.6. The van der Waals surface area contributed by atoms with Crippen molar-refractivity contribution < 1.29 is 4.79 Å². The number of aromatic nitrogens is 1. The van der Waals surface area contributed by atoms with Gasteiger partial charge in [0, 0.05) is 37.5 Å². The van der Waals surface area contributed by atoms with Gasteiger partial charge in [-0.2, -0.15) is 0 Å². The van der Waals surface area contributed by atoms with Crippen molar-refractivity contribution in [3.05, 3.63) is 35.9 Å². The fourth-order valence-corrected chi connectivity index (χ4v) is 3.77. The SMILES string of the molecule is Cc1cc(N2CCCC(N(C)C(=O)C3CC3)C2)nc2ccccc12. The van der Waals surface area contributed by atoms with E-state index < -0.39 is 0 Å². The molecule has 2 fully saturated rings. The van der Waals surface area contributed by atoms with Crippen molar-refractivity contribution in [1.82, 2.24) is 9.88 Å². The monoisotopic (exact) mass is 323 g/mol. The molecular weight excluding hydrogens is 298 g/mol. The third-order valence-corrected chi connectivity index (χ3v) is 5.45. The molecule has 1 saturated carbocycles. The number of hydrogen-bond donors (Lipinski definition) is 0. The minimum Gasteiger partial charge on any atom is -0.355 e. The predicted octanol–water partition coefficient (Wildman–Crippen LogP) is 3.38. The summed E-state index contributed by atoms with van der Waals surface area (Å²) in [6.45, 7) is 4.06. The quantitative estimate of drug-likeness (QED) is 0.869. The van der Waals surface area contributed by atoms with E-state index in [2.05, 4.69) is 36.1 Å². The van der Waals surface area contributed by atoms with Gasteiger partial charge in [0.1, 0.15) is 5.82 Å². The Kier molecular flexibility index (Phi) is 3.91. The molecule has 0 spiro atoms. The van der Waals surface area contributed by atoms with Gasteiger partial charge in [0.25, 0.3) is 0 Å². The van der Waals surface area contributed by atoms with Crippen LogP contribution in [0.2, 0.25) is 0 Å². The van der Waals surface area contributed by atoms with Gasteiger partial charge in [0.2, 0.25) is 5.91 Å². The Balaban J connectivity index is 1.56. The van der Waals surface area contributed by atoms with Crippen LogP contribution in [0, 0.1) is 12.8 Å². The number of rotatable bonds is 3. The number of nitrogens with zero attached hydrogens (tertiary/aromatic N) is 3. The van der Waals surface area contributed by atoms with Gasteiger partial charge in [-0.15, -0.1) is 0 Å². The van der Waals surface area contributed by atoms with E-state index in [1.54, 1.807) is 0 Å². The number of carbonyl (C=O) groups excluding carboxylic acids is 1. The molecule has 2 heterocycles. The molecule has 1 atom stereocenters. The number of piperidine rings is 1.